The number of hydrogen-bond donors (Lipinski definition) is 1. The fourth-order valence-electron chi connectivity index (χ4n) is 6.88. The highest BCUT2D eigenvalue weighted by Crippen LogP contribution is 2.36. The van der Waals surface area contributed by atoms with Crippen LogP contribution in [0.15, 0.2) is 36.4 Å². The molecule has 3 aromatic rings. The summed E-state index contributed by atoms with van der Waals surface area (Å²) in [5.74, 6) is 0.907. The normalized spacial score (nSPS) is 23.7. The van der Waals surface area contributed by atoms with E-state index in [4.69, 9.17) is 14.7 Å². The van der Waals surface area contributed by atoms with Crippen LogP contribution in [0, 0.1) is 18.3 Å². The first-order chi connectivity index (χ1) is 20.5. The molecule has 3 atom stereocenters. The Morgan fingerprint density at radius 2 is 1.98 bits per heavy atom. The Morgan fingerprint density at radius 1 is 1.14 bits per heavy atom. The Balaban J connectivity index is 1.23. The van der Waals surface area contributed by atoms with E-state index in [0.717, 1.165) is 43.0 Å². The van der Waals surface area contributed by atoms with Crippen molar-refractivity contribution in [2.45, 2.75) is 57.3 Å². The van der Waals surface area contributed by atoms with Crippen molar-refractivity contribution >= 4 is 28.2 Å². The number of amides is 1. The number of nitriles is 1. The number of likely N-dealkylation sites (tertiary alicyclic amines) is 1. The lowest BCUT2D eigenvalue weighted by atomic mass is 10.00. The number of aryl methyl sites for hydroxylation is 1. The predicted octanol–water partition coefficient (Wildman–Crippen LogP) is 2.83. The molecule has 3 fully saturated rings. The Bertz CT molecular complexity index is 1540. The maximum atomic E-state index is 13.1. The highest BCUT2D eigenvalue weighted by atomic mass is 16.5. The molecule has 4 aliphatic heterocycles. The number of benzene rings is 2. The largest absolute Gasteiger partial charge is 0.462 e. The number of nitrogens with zero attached hydrogens (tertiary/aromatic N) is 7. The number of hydrogen-bond acceptors (Lipinski definition) is 9. The molecule has 0 aliphatic carbocycles. The lowest BCUT2D eigenvalue weighted by Gasteiger charge is -2.33. The third kappa shape index (κ3) is 5.01. The second-order valence-electron chi connectivity index (χ2n) is 12.1. The fourth-order valence-corrected chi connectivity index (χ4v) is 6.88. The molecular weight excluding hydrogens is 528 g/mol. The highest BCUT2D eigenvalue weighted by Gasteiger charge is 2.42. The lowest BCUT2D eigenvalue weighted by Crippen LogP contribution is -2.40. The standard InChI is InChI=1S/C32H38N8O2/c1-21-6-3-7-22-8-4-10-28(29(21)22)38-15-12-25-27(18-38)35-32(42-19-24-9-5-14-37(24)2)36-30(25)39-17-23(11-13-33)40(20-39)31(41)26-16-34-26/h3-4,6-8,10,23-24,26,34H,5,9,11-12,14-20H2,1-2H3. The van der Waals surface area contributed by atoms with Gasteiger partial charge in [-0.1, -0.05) is 30.3 Å². The van der Waals surface area contributed by atoms with Crippen LogP contribution in [0.25, 0.3) is 10.8 Å². The zero-order valence-electron chi connectivity index (χ0n) is 24.4. The number of carbonyl (C=O) groups is 1. The van der Waals surface area contributed by atoms with Crippen LogP contribution in [-0.2, 0) is 17.8 Å². The monoisotopic (exact) mass is 566 g/mol. The van der Waals surface area contributed by atoms with E-state index in [1.807, 2.05) is 4.90 Å². The lowest BCUT2D eigenvalue weighted by molar-refractivity contribution is -0.131. The van der Waals surface area contributed by atoms with Crippen molar-refractivity contribution in [3.05, 3.63) is 53.2 Å². The van der Waals surface area contributed by atoms with Crippen LogP contribution in [0.2, 0.25) is 0 Å². The average molecular weight is 567 g/mol. The minimum atomic E-state index is -0.161. The third-order valence-electron chi connectivity index (χ3n) is 9.34. The Kier molecular flexibility index (Phi) is 7.08. The molecule has 4 aliphatic rings. The van der Waals surface area contributed by atoms with Crippen LogP contribution >= 0.6 is 0 Å². The van der Waals surface area contributed by atoms with E-state index in [-0.39, 0.29) is 18.0 Å². The topological polar surface area (TPSA) is 111 Å². The Hall–Kier alpha value is -3.94. The van der Waals surface area contributed by atoms with Crippen LogP contribution in [0.1, 0.15) is 36.1 Å². The van der Waals surface area contributed by atoms with E-state index < -0.39 is 0 Å². The summed E-state index contributed by atoms with van der Waals surface area (Å²) in [6.07, 6.45) is 3.37. The second-order valence-corrected chi connectivity index (χ2v) is 12.1. The van der Waals surface area contributed by atoms with Crippen molar-refractivity contribution in [3.8, 4) is 12.1 Å². The highest BCUT2D eigenvalue weighted by molar-refractivity contribution is 5.97. The number of nitrogens with one attached hydrogen (secondary N) is 1. The van der Waals surface area contributed by atoms with Crippen molar-refractivity contribution < 1.29 is 9.53 Å². The molecule has 1 amide bonds. The van der Waals surface area contributed by atoms with Crippen molar-refractivity contribution in [3.63, 3.8) is 0 Å². The van der Waals surface area contributed by atoms with Gasteiger partial charge >= 0.3 is 6.01 Å². The molecule has 3 saturated heterocycles. The average Bonchev–Trinajstić information content (AvgIpc) is 3.65. The summed E-state index contributed by atoms with van der Waals surface area (Å²) in [4.78, 5) is 31.8. The Morgan fingerprint density at radius 3 is 2.74 bits per heavy atom. The number of fused-ring (bicyclic) bond motifs is 2. The summed E-state index contributed by atoms with van der Waals surface area (Å²) in [5, 5.41) is 15.2. The van der Waals surface area contributed by atoms with Crippen molar-refractivity contribution in [2.24, 2.45) is 0 Å². The molecule has 10 heteroatoms. The first-order valence-electron chi connectivity index (χ1n) is 15.1. The molecule has 0 saturated carbocycles. The second kappa shape index (κ2) is 11.0. The van der Waals surface area contributed by atoms with Gasteiger partial charge in [0.25, 0.3) is 0 Å². The van der Waals surface area contributed by atoms with Gasteiger partial charge in [-0.15, -0.1) is 0 Å². The van der Waals surface area contributed by atoms with E-state index in [1.165, 1.54) is 28.4 Å². The van der Waals surface area contributed by atoms with E-state index in [1.54, 1.807) is 0 Å². The molecule has 3 unspecified atom stereocenters. The van der Waals surface area contributed by atoms with Gasteiger partial charge in [0, 0.05) is 42.3 Å². The maximum Gasteiger partial charge on any atom is 0.318 e. The van der Waals surface area contributed by atoms with Crippen LogP contribution in [0.3, 0.4) is 0 Å². The van der Waals surface area contributed by atoms with Gasteiger partial charge in [-0.2, -0.15) is 15.2 Å². The molecule has 5 heterocycles. The zero-order valence-corrected chi connectivity index (χ0v) is 24.4. The van der Waals surface area contributed by atoms with Crippen LogP contribution < -0.4 is 19.9 Å². The molecule has 7 rings (SSSR count). The van der Waals surface area contributed by atoms with Crippen LogP contribution in [-0.4, -0.2) is 90.3 Å². The van der Waals surface area contributed by atoms with E-state index in [0.29, 0.717) is 51.4 Å². The number of carbonyl (C=O) groups excluding carboxylic acids is 1. The van der Waals surface area contributed by atoms with E-state index in [2.05, 4.69) is 76.5 Å². The number of likely N-dealkylation sites (N-methyl/N-ethyl adjacent to an activating group) is 1. The van der Waals surface area contributed by atoms with Crippen molar-refractivity contribution in [1.29, 1.82) is 5.26 Å². The fraction of sp³-hybridized carbons (Fsp3) is 0.500. The van der Waals surface area contributed by atoms with Gasteiger partial charge in [0.05, 0.1) is 43.5 Å². The summed E-state index contributed by atoms with van der Waals surface area (Å²) in [6.45, 7) is 7.00. The molecule has 1 N–H and O–H groups in total. The number of ether oxygens (including phenoxy) is 1. The maximum absolute atomic E-state index is 13.1. The summed E-state index contributed by atoms with van der Waals surface area (Å²) in [7, 11) is 2.14. The Labute approximate surface area is 246 Å². The summed E-state index contributed by atoms with van der Waals surface area (Å²) in [5.41, 5.74) is 4.56. The number of aromatic nitrogens is 2. The molecule has 0 spiro atoms. The van der Waals surface area contributed by atoms with Crippen LogP contribution in [0.5, 0.6) is 6.01 Å². The first kappa shape index (κ1) is 26.9. The summed E-state index contributed by atoms with van der Waals surface area (Å²) in [6, 6.07) is 15.7. The van der Waals surface area contributed by atoms with E-state index in [9.17, 15) is 10.1 Å². The summed E-state index contributed by atoms with van der Waals surface area (Å²) >= 11 is 0. The SMILES string of the molecule is Cc1cccc2cccc(N3CCc4c(nc(OCC5CCCN5C)nc4N4CC(CC#N)N(C(=O)C5CN5)C4)C3)c12. The summed E-state index contributed by atoms with van der Waals surface area (Å²) < 4.78 is 6.30. The van der Waals surface area contributed by atoms with Gasteiger partial charge in [-0.3, -0.25) is 4.79 Å². The quantitative estimate of drug-likeness (QED) is 0.432. The first-order valence-corrected chi connectivity index (χ1v) is 15.1. The van der Waals surface area contributed by atoms with Crippen molar-refractivity contribution in [1.82, 2.24) is 25.1 Å². The minimum absolute atomic E-state index is 0.0684. The van der Waals surface area contributed by atoms with Gasteiger partial charge in [-0.25, -0.2) is 0 Å². The molecule has 10 nitrogen and oxygen atoms in total. The molecule has 0 bridgehead atoms. The van der Waals surface area contributed by atoms with Crippen LogP contribution in [0.4, 0.5) is 11.5 Å². The van der Waals surface area contributed by atoms with Gasteiger partial charge in [0.2, 0.25) is 5.91 Å². The van der Waals surface area contributed by atoms with Crippen molar-refractivity contribution in [2.75, 3.05) is 56.3 Å². The van der Waals surface area contributed by atoms with E-state index >= 15 is 0 Å². The van der Waals surface area contributed by atoms with Gasteiger partial charge in [0.15, 0.2) is 0 Å². The minimum Gasteiger partial charge on any atom is -0.462 e. The van der Waals surface area contributed by atoms with Gasteiger partial charge in [0.1, 0.15) is 12.4 Å². The smallest absolute Gasteiger partial charge is 0.318 e. The number of anilines is 2. The molecule has 2 aromatic carbocycles. The zero-order chi connectivity index (χ0) is 28.8. The predicted molar refractivity (Wildman–Crippen MR) is 161 cm³/mol. The number of rotatable bonds is 7. The van der Waals surface area contributed by atoms with Gasteiger partial charge in [-0.05, 0) is 56.8 Å². The molecule has 1 aromatic heterocycles. The third-order valence-corrected chi connectivity index (χ3v) is 9.34. The molecular formula is C32H38N8O2. The molecule has 0 radical (unpaired) electrons. The molecule has 218 valence electrons. The van der Waals surface area contributed by atoms with Gasteiger partial charge < -0.3 is 29.7 Å². The molecule has 42 heavy (non-hydrogen) atoms.